The first kappa shape index (κ1) is 13.5. The van der Waals surface area contributed by atoms with Gasteiger partial charge in [-0.05, 0) is 23.3 Å². The maximum absolute atomic E-state index is 5.77. The van der Waals surface area contributed by atoms with E-state index < -0.39 is 0 Å². The molecule has 0 aromatic heterocycles. The lowest BCUT2D eigenvalue weighted by Crippen LogP contribution is -2.13. The van der Waals surface area contributed by atoms with Crippen LogP contribution in [0.4, 0.5) is 0 Å². The largest absolute Gasteiger partial charge is 0.489 e. The standard InChI is InChI=1S/C17H19N3O/c18-17-10-11-20(19-17)12-14-6-8-16(9-7-14)21-13-15-4-2-1-3-5-15/h1-9H,10-13H2,(H2,18,19). The average molecular weight is 281 g/mol. The van der Waals surface area contributed by atoms with Crippen LogP contribution >= 0.6 is 0 Å². The molecule has 0 fully saturated rings. The molecule has 21 heavy (non-hydrogen) atoms. The number of hydrogen-bond acceptors (Lipinski definition) is 4. The third kappa shape index (κ3) is 3.75. The molecule has 0 saturated carbocycles. The Morgan fingerprint density at radius 2 is 1.76 bits per heavy atom. The van der Waals surface area contributed by atoms with Crippen molar-refractivity contribution in [3.05, 3.63) is 65.7 Å². The molecule has 0 radical (unpaired) electrons. The zero-order valence-corrected chi connectivity index (χ0v) is 11.9. The van der Waals surface area contributed by atoms with Crippen molar-refractivity contribution in [2.75, 3.05) is 6.54 Å². The van der Waals surface area contributed by atoms with E-state index in [4.69, 9.17) is 10.5 Å². The number of hydrazone groups is 1. The molecule has 4 nitrogen and oxygen atoms in total. The number of nitrogens with two attached hydrogens (primary N) is 1. The number of nitrogens with zero attached hydrogens (tertiary/aromatic N) is 2. The minimum atomic E-state index is 0.590. The first-order chi connectivity index (χ1) is 10.3. The fraction of sp³-hybridized carbons (Fsp3) is 0.235. The Kier molecular flexibility index (Phi) is 4.05. The molecule has 2 aromatic carbocycles. The molecule has 2 N–H and O–H groups in total. The van der Waals surface area contributed by atoms with E-state index in [9.17, 15) is 0 Å². The zero-order valence-electron chi connectivity index (χ0n) is 11.9. The summed E-state index contributed by atoms with van der Waals surface area (Å²) in [5.41, 5.74) is 8.06. The Bertz CT molecular complexity index is 608. The second kappa shape index (κ2) is 6.31. The third-order valence-electron chi connectivity index (χ3n) is 3.43. The predicted molar refractivity (Wildman–Crippen MR) is 83.9 cm³/mol. The smallest absolute Gasteiger partial charge is 0.121 e. The molecule has 0 aliphatic carbocycles. The van der Waals surface area contributed by atoms with Crippen LogP contribution in [0.5, 0.6) is 5.75 Å². The Labute approximate surface area is 124 Å². The van der Waals surface area contributed by atoms with Gasteiger partial charge in [0.15, 0.2) is 0 Å². The molecule has 0 amide bonds. The van der Waals surface area contributed by atoms with Gasteiger partial charge in [0, 0.05) is 13.0 Å². The Morgan fingerprint density at radius 1 is 1.00 bits per heavy atom. The summed E-state index contributed by atoms with van der Waals surface area (Å²) in [5, 5.41) is 6.27. The Morgan fingerprint density at radius 3 is 2.43 bits per heavy atom. The fourth-order valence-corrected chi connectivity index (χ4v) is 2.28. The van der Waals surface area contributed by atoms with Crippen molar-refractivity contribution in [3.8, 4) is 5.75 Å². The van der Waals surface area contributed by atoms with Crippen molar-refractivity contribution in [1.29, 1.82) is 0 Å². The van der Waals surface area contributed by atoms with Crippen molar-refractivity contribution >= 4 is 5.84 Å². The van der Waals surface area contributed by atoms with Crippen molar-refractivity contribution in [2.24, 2.45) is 10.8 Å². The molecule has 2 aromatic rings. The van der Waals surface area contributed by atoms with E-state index in [0.717, 1.165) is 31.1 Å². The summed E-state index contributed by atoms with van der Waals surface area (Å²) in [6.07, 6.45) is 0.859. The molecule has 0 unspecified atom stereocenters. The number of rotatable bonds is 5. The van der Waals surface area contributed by atoms with Gasteiger partial charge in [-0.2, -0.15) is 5.10 Å². The van der Waals surface area contributed by atoms with Crippen LogP contribution < -0.4 is 10.5 Å². The van der Waals surface area contributed by atoms with Gasteiger partial charge in [-0.15, -0.1) is 0 Å². The van der Waals surface area contributed by atoms with Gasteiger partial charge in [0.2, 0.25) is 0 Å². The summed E-state index contributed by atoms with van der Waals surface area (Å²) in [7, 11) is 0. The van der Waals surface area contributed by atoms with Crippen LogP contribution in [0.25, 0.3) is 0 Å². The van der Waals surface area contributed by atoms with Crippen molar-refractivity contribution in [2.45, 2.75) is 19.6 Å². The lowest BCUT2D eigenvalue weighted by molar-refractivity contribution is 0.303. The first-order valence-electron chi connectivity index (χ1n) is 7.13. The molecule has 0 bridgehead atoms. The van der Waals surface area contributed by atoms with Gasteiger partial charge in [0.05, 0.1) is 6.54 Å². The van der Waals surface area contributed by atoms with Crippen molar-refractivity contribution in [3.63, 3.8) is 0 Å². The van der Waals surface area contributed by atoms with Crippen LogP contribution in [0.3, 0.4) is 0 Å². The molecule has 1 heterocycles. The van der Waals surface area contributed by atoms with Crippen LogP contribution in [0, 0.1) is 0 Å². The van der Waals surface area contributed by atoms with E-state index >= 15 is 0 Å². The van der Waals surface area contributed by atoms with Gasteiger partial charge < -0.3 is 10.5 Å². The summed E-state index contributed by atoms with van der Waals surface area (Å²) in [6, 6.07) is 18.3. The SMILES string of the molecule is NC1=NN(Cc2ccc(OCc3ccccc3)cc2)CC1. The Balaban J connectivity index is 1.54. The zero-order chi connectivity index (χ0) is 14.5. The summed E-state index contributed by atoms with van der Waals surface area (Å²) in [6.45, 7) is 2.28. The van der Waals surface area contributed by atoms with Crippen LogP contribution in [-0.2, 0) is 13.2 Å². The van der Waals surface area contributed by atoms with E-state index in [1.165, 1.54) is 11.1 Å². The maximum Gasteiger partial charge on any atom is 0.121 e. The second-order valence-corrected chi connectivity index (χ2v) is 5.15. The van der Waals surface area contributed by atoms with E-state index in [2.05, 4.69) is 29.4 Å². The fourth-order valence-electron chi connectivity index (χ4n) is 2.28. The third-order valence-corrected chi connectivity index (χ3v) is 3.43. The monoisotopic (exact) mass is 281 g/mol. The summed E-state index contributed by atoms with van der Waals surface area (Å²) in [4.78, 5) is 0. The maximum atomic E-state index is 5.77. The van der Waals surface area contributed by atoms with Crippen molar-refractivity contribution in [1.82, 2.24) is 5.01 Å². The second-order valence-electron chi connectivity index (χ2n) is 5.15. The van der Waals surface area contributed by atoms with Gasteiger partial charge in [0.25, 0.3) is 0 Å². The summed E-state index contributed by atoms with van der Waals surface area (Å²) >= 11 is 0. The normalized spacial score (nSPS) is 14.1. The molecular formula is C17H19N3O. The molecule has 108 valence electrons. The highest BCUT2D eigenvalue weighted by molar-refractivity contribution is 5.81. The predicted octanol–water partition coefficient (Wildman–Crippen LogP) is 2.74. The van der Waals surface area contributed by atoms with Crippen LogP contribution in [0.15, 0.2) is 59.7 Å². The van der Waals surface area contributed by atoms with E-state index in [-0.39, 0.29) is 0 Å². The van der Waals surface area contributed by atoms with Crippen LogP contribution in [0.1, 0.15) is 17.5 Å². The summed E-state index contributed by atoms with van der Waals surface area (Å²) < 4.78 is 5.77. The topological polar surface area (TPSA) is 50.8 Å². The van der Waals surface area contributed by atoms with Gasteiger partial charge >= 0.3 is 0 Å². The Hall–Kier alpha value is -2.49. The van der Waals surface area contributed by atoms with Gasteiger partial charge in [0.1, 0.15) is 18.2 Å². The molecule has 4 heteroatoms. The number of amidine groups is 1. The van der Waals surface area contributed by atoms with Gasteiger partial charge in [-0.1, -0.05) is 42.5 Å². The average Bonchev–Trinajstić information content (AvgIpc) is 2.93. The molecule has 1 aliphatic heterocycles. The minimum Gasteiger partial charge on any atom is -0.489 e. The highest BCUT2D eigenvalue weighted by atomic mass is 16.5. The highest BCUT2D eigenvalue weighted by Crippen LogP contribution is 2.16. The summed E-state index contributed by atoms with van der Waals surface area (Å²) in [5.74, 6) is 1.60. The van der Waals surface area contributed by atoms with Crippen molar-refractivity contribution < 1.29 is 4.74 Å². The van der Waals surface area contributed by atoms with Gasteiger partial charge in [-0.25, -0.2) is 0 Å². The molecule has 0 spiro atoms. The molecular weight excluding hydrogens is 262 g/mol. The minimum absolute atomic E-state index is 0.590. The van der Waals surface area contributed by atoms with Crippen LogP contribution in [-0.4, -0.2) is 17.4 Å². The van der Waals surface area contributed by atoms with E-state index in [0.29, 0.717) is 6.61 Å². The van der Waals surface area contributed by atoms with Crippen LogP contribution in [0.2, 0.25) is 0 Å². The lowest BCUT2D eigenvalue weighted by atomic mass is 10.2. The molecule has 0 atom stereocenters. The first-order valence-corrected chi connectivity index (χ1v) is 7.13. The molecule has 3 rings (SSSR count). The molecule has 0 saturated heterocycles. The quantitative estimate of drug-likeness (QED) is 0.916. The number of hydrogen-bond donors (Lipinski definition) is 1. The van der Waals surface area contributed by atoms with Gasteiger partial charge in [-0.3, -0.25) is 5.01 Å². The van der Waals surface area contributed by atoms with E-state index in [1.54, 1.807) is 0 Å². The lowest BCUT2D eigenvalue weighted by Gasteiger charge is -2.13. The molecule has 1 aliphatic rings. The highest BCUT2D eigenvalue weighted by Gasteiger charge is 2.11. The number of benzene rings is 2. The van der Waals surface area contributed by atoms with E-state index in [1.807, 2.05) is 35.3 Å². The number of ether oxygens (including phenoxy) is 1.